The van der Waals surface area contributed by atoms with Crippen molar-refractivity contribution >= 4 is 22.6 Å². The lowest BCUT2D eigenvalue weighted by molar-refractivity contribution is -0.279. The van der Waals surface area contributed by atoms with Crippen LogP contribution < -0.4 is 0 Å². The molecule has 0 saturated carbocycles. The Kier molecular flexibility index (Phi) is 4.43. The highest BCUT2D eigenvalue weighted by molar-refractivity contribution is 14.1. The van der Waals surface area contributed by atoms with E-state index in [1.807, 2.05) is 0 Å². The van der Waals surface area contributed by atoms with Crippen molar-refractivity contribution in [2.45, 2.75) is 34.8 Å². The van der Waals surface area contributed by atoms with Gasteiger partial charge in [0.25, 0.3) is 0 Å². The Morgan fingerprint density at radius 1 is 0.688 bits per heavy atom. The van der Waals surface area contributed by atoms with Crippen LogP contribution in [0.4, 0.5) is 39.5 Å². The van der Waals surface area contributed by atoms with Gasteiger partial charge in [-0.1, -0.05) is 0 Å². The molecule has 0 aromatic heterocycles. The average Bonchev–Trinajstić information content (AvgIpc) is 1.97. The van der Waals surface area contributed by atoms with Gasteiger partial charge in [0.15, 0.2) is 0 Å². The SMILES string of the molecule is FC(F)(F)CCC(F)(F)C(F)(F)C(F)(F)I. The minimum Gasteiger partial charge on any atom is -0.200 e. The minimum atomic E-state index is -5.83. The maximum absolute atomic E-state index is 12.5. The van der Waals surface area contributed by atoms with E-state index in [9.17, 15) is 39.5 Å². The molecular formula is C6H4F9I. The van der Waals surface area contributed by atoms with Crippen molar-refractivity contribution in [2.24, 2.45) is 0 Å². The molecule has 0 heterocycles. The quantitative estimate of drug-likeness (QED) is 0.383. The number of hydrogen-bond donors (Lipinski definition) is 0. The Morgan fingerprint density at radius 2 is 1.06 bits per heavy atom. The summed E-state index contributed by atoms with van der Waals surface area (Å²) < 4.78 is 103. The number of hydrogen-bond acceptors (Lipinski definition) is 0. The predicted octanol–water partition coefficient (Wildman–Crippen LogP) is 4.63. The molecule has 0 aromatic carbocycles. The van der Waals surface area contributed by atoms with E-state index < -0.39 is 34.8 Å². The molecule has 16 heavy (non-hydrogen) atoms. The van der Waals surface area contributed by atoms with E-state index >= 15 is 0 Å². The fraction of sp³-hybridized carbons (Fsp3) is 1.00. The molecule has 0 bridgehead atoms. The van der Waals surface area contributed by atoms with Crippen LogP contribution >= 0.6 is 22.6 Å². The zero-order chi connectivity index (χ0) is 13.4. The van der Waals surface area contributed by atoms with E-state index in [0.717, 1.165) is 0 Å². The number of rotatable bonds is 4. The zero-order valence-corrected chi connectivity index (χ0v) is 9.35. The van der Waals surface area contributed by atoms with Gasteiger partial charge in [-0.25, -0.2) is 0 Å². The summed E-state index contributed by atoms with van der Waals surface area (Å²) in [4.78, 5) is 0. The monoisotopic (exact) mass is 374 g/mol. The van der Waals surface area contributed by atoms with Gasteiger partial charge in [0.2, 0.25) is 0 Å². The van der Waals surface area contributed by atoms with Crippen molar-refractivity contribution < 1.29 is 39.5 Å². The molecule has 0 atom stereocenters. The second-order valence-electron chi connectivity index (χ2n) is 2.89. The first-order chi connectivity index (χ1) is 6.71. The van der Waals surface area contributed by atoms with Crippen LogP contribution in [0, 0.1) is 0 Å². The number of alkyl halides is 10. The molecule has 0 amide bonds. The third-order valence-corrected chi connectivity index (χ3v) is 2.22. The van der Waals surface area contributed by atoms with Gasteiger partial charge in [-0.2, -0.15) is 39.5 Å². The van der Waals surface area contributed by atoms with E-state index in [-0.39, 0.29) is 22.6 Å². The van der Waals surface area contributed by atoms with Crippen LogP contribution in [0.25, 0.3) is 0 Å². The molecule has 0 nitrogen and oxygen atoms in total. The van der Waals surface area contributed by atoms with Crippen LogP contribution in [-0.4, -0.2) is 22.0 Å². The molecule has 0 radical (unpaired) electrons. The second kappa shape index (κ2) is 4.41. The normalized spacial score (nSPS) is 15.4. The lowest BCUT2D eigenvalue weighted by Gasteiger charge is -2.29. The molecule has 0 rings (SSSR count). The van der Waals surface area contributed by atoms with Crippen LogP contribution in [0.3, 0.4) is 0 Å². The molecule has 0 spiro atoms. The van der Waals surface area contributed by atoms with Crippen molar-refractivity contribution in [3.8, 4) is 0 Å². The van der Waals surface area contributed by atoms with Gasteiger partial charge in [0, 0.05) is 35.4 Å². The highest BCUT2D eigenvalue weighted by Gasteiger charge is 2.70. The van der Waals surface area contributed by atoms with Gasteiger partial charge < -0.3 is 0 Å². The molecular weight excluding hydrogens is 370 g/mol. The highest BCUT2D eigenvalue weighted by Crippen LogP contribution is 2.51. The zero-order valence-electron chi connectivity index (χ0n) is 7.19. The Bertz CT molecular complexity index is 237. The van der Waals surface area contributed by atoms with Gasteiger partial charge >= 0.3 is 22.0 Å². The molecule has 0 fully saturated rings. The largest absolute Gasteiger partial charge is 0.389 e. The highest BCUT2D eigenvalue weighted by atomic mass is 127. The Balaban J connectivity index is 4.79. The topological polar surface area (TPSA) is 0 Å². The van der Waals surface area contributed by atoms with Gasteiger partial charge in [0.05, 0.1) is 0 Å². The van der Waals surface area contributed by atoms with Crippen LogP contribution in [-0.2, 0) is 0 Å². The first-order valence-corrected chi connectivity index (χ1v) is 4.68. The Morgan fingerprint density at radius 3 is 1.31 bits per heavy atom. The lowest BCUT2D eigenvalue weighted by Crippen LogP contribution is -2.51. The van der Waals surface area contributed by atoms with Crippen LogP contribution in [0.5, 0.6) is 0 Å². The Hall–Kier alpha value is 0.1000. The van der Waals surface area contributed by atoms with Gasteiger partial charge in [-0.3, -0.25) is 0 Å². The molecule has 98 valence electrons. The maximum Gasteiger partial charge on any atom is 0.389 e. The molecule has 0 aliphatic carbocycles. The van der Waals surface area contributed by atoms with Crippen molar-refractivity contribution in [1.82, 2.24) is 0 Å². The summed E-state index contributed by atoms with van der Waals surface area (Å²) in [7, 11) is 0. The van der Waals surface area contributed by atoms with Crippen molar-refractivity contribution in [1.29, 1.82) is 0 Å². The van der Waals surface area contributed by atoms with E-state index in [1.165, 1.54) is 0 Å². The fourth-order valence-electron chi connectivity index (χ4n) is 0.663. The maximum atomic E-state index is 12.5. The molecule has 0 unspecified atom stereocenters. The van der Waals surface area contributed by atoms with Crippen LogP contribution in [0.15, 0.2) is 0 Å². The summed E-state index contributed by atoms with van der Waals surface area (Å²) >= 11 is -0.239. The Labute approximate surface area is 97.3 Å². The van der Waals surface area contributed by atoms with Crippen molar-refractivity contribution in [3.05, 3.63) is 0 Å². The molecule has 0 aromatic rings. The average molecular weight is 374 g/mol. The number of halogens is 10. The van der Waals surface area contributed by atoms with Gasteiger partial charge in [0.1, 0.15) is 0 Å². The third kappa shape index (κ3) is 3.84. The molecule has 0 aliphatic heterocycles. The van der Waals surface area contributed by atoms with Gasteiger partial charge in [-0.15, -0.1) is 0 Å². The van der Waals surface area contributed by atoms with Crippen molar-refractivity contribution in [3.63, 3.8) is 0 Å². The molecule has 10 heteroatoms. The van der Waals surface area contributed by atoms with E-state index in [2.05, 4.69) is 0 Å². The fourth-order valence-corrected chi connectivity index (χ4v) is 1.06. The predicted molar refractivity (Wildman–Crippen MR) is 44.2 cm³/mol. The summed E-state index contributed by atoms with van der Waals surface area (Å²) in [6, 6.07) is 0. The summed E-state index contributed by atoms with van der Waals surface area (Å²) in [5.74, 6) is -11.3. The minimum absolute atomic E-state index is 0.239. The standard InChI is InChI=1S/C6H4F9I/c7-3(8,1-2-4(9,10)11)5(12,13)6(14,15)16/h1-2H2. The van der Waals surface area contributed by atoms with E-state index in [4.69, 9.17) is 0 Å². The van der Waals surface area contributed by atoms with Crippen LogP contribution in [0.2, 0.25) is 0 Å². The molecule has 0 N–H and O–H groups in total. The first-order valence-electron chi connectivity index (χ1n) is 3.60. The third-order valence-electron chi connectivity index (χ3n) is 1.54. The summed E-state index contributed by atoms with van der Waals surface area (Å²) in [6.07, 6.45) is -9.76. The van der Waals surface area contributed by atoms with E-state index in [1.54, 1.807) is 0 Å². The van der Waals surface area contributed by atoms with Crippen molar-refractivity contribution in [2.75, 3.05) is 0 Å². The molecule has 0 saturated heterocycles. The first kappa shape index (κ1) is 16.1. The summed E-state index contributed by atoms with van der Waals surface area (Å²) in [5, 5.41) is 0. The van der Waals surface area contributed by atoms with E-state index in [0.29, 0.717) is 0 Å². The summed E-state index contributed by atoms with van der Waals surface area (Å²) in [6.45, 7) is 0. The lowest BCUT2D eigenvalue weighted by atomic mass is 10.1. The molecule has 0 aliphatic rings. The van der Waals surface area contributed by atoms with Crippen LogP contribution in [0.1, 0.15) is 12.8 Å². The summed E-state index contributed by atoms with van der Waals surface area (Å²) in [5.41, 5.74) is 0. The smallest absolute Gasteiger partial charge is 0.200 e. The second-order valence-corrected chi connectivity index (χ2v) is 4.25. The van der Waals surface area contributed by atoms with Gasteiger partial charge in [-0.05, 0) is 0 Å².